The van der Waals surface area contributed by atoms with E-state index in [2.05, 4.69) is 39.2 Å². The number of aromatic nitrogens is 3. The van der Waals surface area contributed by atoms with Gasteiger partial charge in [0.05, 0.1) is 0 Å². The molecule has 108 valence electrons. The first-order valence-electron chi connectivity index (χ1n) is 6.88. The lowest BCUT2D eigenvalue weighted by Crippen LogP contribution is -2.25. The molecule has 0 saturated heterocycles. The summed E-state index contributed by atoms with van der Waals surface area (Å²) >= 11 is 1.46. The summed E-state index contributed by atoms with van der Waals surface area (Å²) in [7, 11) is 0. The summed E-state index contributed by atoms with van der Waals surface area (Å²) in [6.07, 6.45) is 4.62. The fourth-order valence-corrected chi connectivity index (χ4v) is 2.66. The van der Waals surface area contributed by atoms with Crippen LogP contribution in [-0.2, 0) is 6.54 Å². The van der Waals surface area contributed by atoms with E-state index in [1.54, 1.807) is 6.20 Å². The first kappa shape index (κ1) is 14.9. The minimum atomic E-state index is 0.356. The predicted octanol–water partition coefficient (Wildman–Crippen LogP) is 2.41. The molecule has 0 aliphatic heterocycles. The van der Waals surface area contributed by atoms with Crippen molar-refractivity contribution in [3.8, 4) is 0 Å². The van der Waals surface area contributed by atoms with E-state index in [4.69, 9.17) is 5.73 Å². The van der Waals surface area contributed by atoms with Crippen LogP contribution in [0, 0.1) is 0 Å². The fraction of sp³-hybridized carbons (Fsp3) is 0.500. The van der Waals surface area contributed by atoms with Gasteiger partial charge < -0.3 is 10.6 Å². The maximum absolute atomic E-state index is 5.63. The molecule has 0 radical (unpaired) electrons. The lowest BCUT2D eigenvalue weighted by atomic mass is 10.2. The van der Waals surface area contributed by atoms with E-state index in [1.807, 2.05) is 12.3 Å². The summed E-state index contributed by atoms with van der Waals surface area (Å²) < 4.78 is 4.43. The average Bonchev–Trinajstić information content (AvgIpc) is 2.94. The summed E-state index contributed by atoms with van der Waals surface area (Å²) in [6.45, 7) is 6.58. The zero-order valence-electron chi connectivity index (χ0n) is 12.0. The Morgan fingerprint density at radius 1 is 1.40 bits per heavy atom. The second-order valence-corrected chi connectivity index (χ2v) is 5.75. The molecule has 0 bridgehead atoms. The molecule has 5 nitrogen and oxygen atoms in total. The summed E-state index contributed by atoms with van der Waals surface area (Å²) in [6, 6.07) is 4.03. The summed E-state index contributed by atoms with van der Waals surface area (Å²) in [4.78, 5) is 11.0. The maximum atomic E-state index is 5.63. The zero-order valence-corrected chi connectivity index (χ0v) is 12.8. The highest BCUT2D eigenvalue weighted by molar-refractivity contribution is 7.09. The number of rotatable bonds is 7. The molecular weight excluding hydrogens is 270 g/mol. The van der Waals surface area contributed by atoms with Crippen LogP contribution < -0.4 is 10.6 Å². The summed E-state index contributed by atoms with van der Waals surface area (Å²) in [5.41, 5.74) is 6.80. The van der Waals surface area contributed by atoms with E-state index < -0.39 is 0 Å². The van der Waals surface area contributed by atoms with Gasteiger partial charge in [0.25, 0.3) is 0 Å². The van der Waals surface area contributed by atoms with Crippen LogP contribution in [-0.4, -0.2) is 27.4 Å². The third-order valence-electron chi connectivity index (χ3n) is 2.95. The third kappa shape index (κ3) is 3.98. The van der Waals surface area contributed by atoms with E-state index in [0.29, 0.717) is 12.5 Å². The molecule has 2 heterocycles. The molecule has 0 saturated carbocycles. The van der Waals surface area contributed by atoms with Crippen LogP contribution in [0.15, 0.2) is 24.5 Å². The fourth-order valence-electron chi connectivity index (χ4n) is 1.83. The SMILES string of the molecule is CC(C)c1nsc(N(CCCN)Cc2cccnc2)n1. The van der Waals surface area contributed by atoms with Gasteiger partial charge in [-0.2, -0.15) is 4.37 Å². The second kappa shape index (κ2) is 7.31. The number of nitrogens with zero attached hydrogens (tertiary/aromatic N) is 4. The average molecular weight is 291 g/mol. The summed E-state index contributed by atoms with van der Waals surface area (Å²) in [5.74, 6) is 1.27. The van der Waals surface area contributed by atoms with Crippen LogP contribution >= 0.6 is 11.5 Å². The second-order valence-electron chi connectivity index (χ2n) is 5.01. The number of nitrogens with two attached hydrogens (primary N) is 1. The van der Waals surface area contributed by atoms with Crippen molar-refractivity contribution in [2.75, 3.05) is 18.0 Å². The first-order chi connectivity index (χ1) is 9.70. The van der Waals surface area contributed by atoms with E-state index in [9.17, 15) is 0 Å². The Labute approximate surface area is 124 Å². The van der Waals surface area contributed by atoms with Crippen LogP contribution in [0.3, 0.4) is 0 Å². The van der Waals surface area contributed by atoms with Gasteiger partial charge >= 0.3 is 0 Å². The van der Waals surface area contributed by atoms with Crippen LogP contribution in [0.2, 0.25) is 0 Å². The molecule has 2 N–H and O–H groups in total. The molecule has 0 aliphatic carbocycles. The number of hydrogen-bond acceptors (Lipinski definition) is 6. The van der Waals surface area contributed by atoms with Crippen LogP contribution in [0.1, 0.15) is 37.6 Å². The van der Waals surface area contributed by atoms with Crippen molar-refractivity contribution >= 4 is 16.7 Å². The minimum absolute atomic E-state index is 0.356. The van der Waals surface area contributed by atoms with Crippen molar-refractivity contribution in [1.82, 2.24) is 14.3 Å². The molecule has 2 aromatic rings. The molecule has 0 aromatic carbocycles. The molecule has 0 fully saturated rings. The van der Waals surface area contributed by atoms with Crippen molar-refractivity contribution in [3.63, 3.8) is 0 Å². The maximum Gasteiger partial charge on any atom is 0.205 e. The normalized spacial score (nSPS) is 11.0. The van der Waals surface area contributed by atoms with Gasteiger partial charge in [0, 0.05) is 42.9 Å². The minimum Gasteiger partial charge on any atom is -0.342 e. The third-order valence-corrected chi connectivity index (χ3v) is 3.74. The van der Waals surface area contributed by atoms with Gasteiger partial charge in [-0.15, -0.1) is 0 Å². The largest absolute Gasteiger partial charge is 0.342 e. The van der Waals surface area contributed by atoms with E-state index in [1.165, 1.54) is 17.1 Å². The smallest absolute Gasteiger partial charge is 0.205 e. The van der Waals surface area contributed by atoms with Crippen molar-refractivity contribution in [2.24, 2.45) is 5.73 Å². The van der Waals surface area contributed by atoms with Gasteiger partial charge in [-0.25, -0.2) is 4.98 Å². The Morgan fingerprint density at radius 3 is 2.85 bits per heavy atom. The van der Waals surface area contributed by atoms with Crippen molar-refractivity contribution in [1.29, 1.82) is 0 Å². The van der Waals surface area contributed by atoms with Crippen molar-refractivity contribution < 1.29 is 0 Å². The van der Waals surface area contributed by atoms with Gasteiger partial charge in [0.15, 0.2) is 0 Å². The van der Waals surface area contributed by atoms with Crippen LogP contribution in [0.25, 0.3) is 0 Å². The van der Waals surface area contributed by atoms with Gasteiger partial charge in [-0.3, -0.25) is 4.98 Å². The Kier molecular flexibility index (Phi) is 5.43. The molecule has 2 aromatic heterocycles. The monoisotopic (exact) mass is 291 g/mol. The van der Waals surface area contributed by atoms with Gasteiger partial charge in [-0.05, 0) is 24.6 Å². The standard InChI is InChI=1S/C14H21N5S/c1-11(2)13-17-14(20-18-13)19(8-4-6-15)10-12-5-3-7-16-9-12/h3,5,7,9,11H,4,6,8,10,15H2,1-2H3. The molecule has 0 unspecified atom stereocenters. The van der Waals surface area contributed by atoms with E-state index in [0.717, 1.165) is 30.5 Å². The topological polar surface area (TPSA) is 67.9 Å². The Balaban J connectivity index is 2.13. The number of anilines is 1. The van der Waals surface area contributed by atoms with Crippen molar-refractivity contribution in [3.05, 3.63) is 35.9 Å². The lowest BCUT2D eigenvalue weighted by Gasteiger charge is -2.21. The molecule has 2 rings (SSSR count). The van der Waals surface area contributed by atoms with Crippen LogP contribution in [0.4, 0.5) is 5.13 Å². The zero-order chi connectivity index (χ0) is 14.4. The highest BCUT2D eigenvalue weighted by Gasteiger charge is 2.14. The number of pyridine rings is 1. The highest BCUT2D eigenvalue weighted by atomic mass is 32.1. The van der Waals surface area contributed by atoms with Gasteiger partial charge in [0.2, 0.25) is 5.13 Å². The Hall–Kier alpha value is -1.53. The Morgan fingerprint density at radius 2 is 2.25 bits per heavy atom. The first-order valence-corrected chi connectivity index (χ1v) is 7.65. The Bertz CT molecular complexity index is 511. The molecule has 0 amide bonds. The molecule has 0 spiro atoms. The van der Waals surface area contributed by atoms with Crippen LogP contribution in [0.5, 0.6) is 0 Å². The van der Waals surface area contributed by atoms with Crippen molar-refractivity contribution in [2.45, 2.75) is 32.7 Å². The van der Waals surface area contributed by atoms with Gasteiger partial charge in [0.1, 0.15) is 5.82 Å². The highest BCUT2D eigenvalue weighted by Crippen LogP contribution is 2.23. The van der Waals surface area contributed by atoms with Gasteiger partial charge in [-0.1, -0.05) is 19.9 Å². The molecular formula is C14H21N5S. The number of hydrogen-bond donors (Lipinski definition) is 1. The predicted molar refractivity (Wildman–Crippen MR) is 83.0 cm³/mol. The lowest BCUT2D eigenvalue weighted by molar-refractivity contribution is 0.724. The quantitative estimate of drug-likeness (QED) is 0.848. The van der Waals surface area contributed by atoms with E-state index in [-0.39, 0.29) is 0 Å². The van der Waals surface area contributed by atoms with E-state index >= 15 is 0 Å². The molecule has 6 heteroatoms. The molecule has 0 aliphatic rings. The molecule has 0 atom stereocenters. The summed E-state index contributed by atoms with van der Waals surface area (Å²) in [5, 5.41) is 0.964. The molecule has 20 heavy (non-hydrogen) atoms.